The number of piperidine rings is 1. The van der Waals surface area contributed by atoms with E-state index in [4.69, 9.17) is 18.0 Å². The van der Waals surface area contributed by atoms with E-state index < -0.39 is 0 Å². The predicted octanol–water partition coefficient (Wildman–Crippen LogP) is 1.28. The molecule has 2 aromatic heterocycles. The Balaban J connectivity index is 1.90. The molecule has 1 fully saturated rings. The van der Waals surface area contributed by atoms with Crippen molar-refractivity contribution in [3.63, 3.8) is 0 Å². The van der Waals surface area contributed by atoms with Gasteiger partial charge >= 0.3 is 0 Å². The van der Waals surface area contributed by atoms with Gasteiger partial charge in [-0.05, 0) is 18.8 Å². The summed E-state index contributed by atoms with van der Waals surface area (Å²) < 4.78 is 0. The first-order valence-electron chi connectivity index (χ1n) is 6.74. The van der Waals surface area contributed by atoms with Crippen LogP contribution in [0.15, 0.2) is 6.33 Å². The Kier molecular flexibility index (Phi) is 3.76. The van der Waals surface area contributed by atoms with Crippen LogP contribution in [0.1, 0.15) is 30.3 Å². The number of fused-ring (bicyclic) bond motifs is 1. The van der Waals surface area contributed by atoms with Gasteiger partial charge in [0.05, 0.1) is 0 Å². The maximum atomic E-state index is 11.7. The standard InChI is InChI=1S/C14H14ClN5O/c1-2-10-12-14(17-8-16-10)19-13(18-12)9-4-3-5-20(7-9)11(21)6-15/h1,8-9H,3-7H2,(H,16,17,18,19). The van der Waals surface area contributed by atoms with Crippen LogP contribution in [-0.4, -0.2) is 49.7 Å². The fourth-order valence-corrected chi connectivity index (χ4v) is 2.83. The molecule has 0 aliphatic carbocycles. The highest BCUT2D eigenvalue weighted by atomic mass is 35.5. The van der Waals surface area contributed by atoms with Crippen molar-refractivity contribution in [1.29, 1.82) is 0 Å². The number of rotatable bonds is 2. The van der Waals surface area contributed by atoms with Crippen LogP contribution in [0.5, 0.6) is 0 Å². The molecule has 1 aliphatic heterocycles. The van der Waals surface area contributed by atoms with Crippen LogP contribution in [0.4, 0.5) is 0 Å². The lowest BCUT2D eigenvalue weighted by Crippen LogP contribution is -2.40. The van der Waals surface area contributed by atoms with Gasteiger partial charge in [-0.25, -0.2) is 15.0 Å². The van der Waals surface area contributed by atoms with Crippen molar-refractivity contribution in [1.82, 2.24) is 24.8 Å². The second-order valence-electron chi connectivity index (χ2n) is 5.00. The zero-order valence-corrected chi connectivity index (χ0v) is 12.1. The highest BCUT2D eigenvalue weighted by Gasteiger charge is 2.26. The molecule has 0 aromatic carbocycles. The molecule has 1 N–H and O–H groups in total. The van der Waals surface area contributed by atoms with E-state index in [0.29, 0.717) is 23.4 Å². The number of alkyl halides is 1. The third-order valence-corrected chi connectivity index (χ3v) is 3.95. The summed E-state index contributed by atoms with van der Waals surface area (Å²) in [5.41, 5.74) is 1.74. The summed E-state index contributed by atoms with van der Waals surface area (Å²) in [4.78, 5) is 29.4. The van der Waals surface area contributed by atoms with Gasteiger partial charge < -0.3 is 9.88 Å². The molecule has 0 spiro atoms. The second-order valence-corrected chi connectivity index (χ2v) is 5.27. The van der Waals surface area contributed by atoms with Crippen molar-refractivity contribution in [2.24, 2.45) is 0 Å². The number of nitrogens with zero attached hydrogens (tertiary/aromatic N) is 4. The van der Waals surface area contributed by atoms with Gasteiger partial charge in [0.15, 0.2) is 5.65 Å². The zero-order valence-electron chi connectivity index (χ0n) is 11.3. The lowest BCUT2D eigenvalue weighted by molar-refractivity contribution is -0.129. The topological polar surface area (TPSA) is 74.8 Å². The molecule has 1 saturated heterocycles. The number of aromatic amines is 1. The number of likely N-dealkylation sites (tertiary alicyclic amines) is 1. The molecule has 0 radical (unpaired) electrons. The number of carbonyl (C=O) groups is 1. The smallest absolute Gasteiger partial charge is 0.237 e. The van der Waals surface area contributed by atoms with Gasteiger partial charge in [0.25, 0.3) is 0 Å². The van der Waals surface area contributed by atoms with Crippen molar-refractivity contribution in [2.75, 3.05) is 19.0 Å². The summed E-state index contributed by atoms with van der Waals surface area (Å²) in [6.45, 7) is 1.36. The van der Waals surface area contributed by atoms with Crippen LogP contribution in [0, 0.1) is 12.3 Å². The van der Waals surface area contributed by atoms with E-state index in [-0.39, 0.29) is 17.7 Å². The summed E-state index contributed by atoms with van der Waals surface area (Å²) in [7, 11) is 0. The van der Waals surface area contributed by atoms with Crippen LogP contribution < -0.4 is 0 Å². The highest BCUT2D eigenvalue weighted by molar-refractivity contribution is 6.27. The molecule has 1 amide bonds. The number of imidazole rings is 1. The summed E-state index contributed by atoms with van der Waals surface area (Å²) in [5, 5.41) is 0. The minimum atomic E-state index is -0.0402. The maximum absolute atomic E-state index is 11.7. The molecule has 21 heavy (non-hydrogen) atoms. The second kappa shape index (κ2) is 5.70. The van der Waals surface area contributed by atoms with Gasteiger partial charge in [-0.1, -0.05) is 0 Å². The molecule has 0 saturated carbocycles. The molecule has 1 unspecified atom stereocenters. The van der Waals surface area contributed by atoms with Gasteiger partial charge in [0.1, 0.15) is 29.2 Å². The molecule has 1 aliphatic rings. The quantitative estimate of drug-likeness (QED) is 0.670. The molecule has 6 nitrogen and oxygen atoms in total. The molecular weight excluding hydrogens is 290 g/mol. The summed E-state index contributed by atoms with van der Waals surface area (Å²) in [5.74, 6) is 3.44. The monoisotopic (exact) mass is 303 g/mol. The minimum Gasteiger partial charge on any atom is -0.341 e. The van der Waals surface area contributed by atoms with Gasteiger partial charge in [-0.15, -0.1) is 18.0 Å². The Morgan fingerprint density at radius 2 is 2.43 bits per heavy atom. The molecule has 2 aromatic rings. The number of carbonyl (C=O) groups excluding carboxylic acids is 1. The third-order valence-electron chi connectivity index (χ3n) is 3.72. The Labute approximate surface area is 126 Å². The first-order chi connectivity index (χ1) is 10.2. The van der Waals surface area contributed by atoms with Crippen LogP contribution >= 0.6 is 11.6 Å². The van der Waals surface area contributed by atoms with E-state index in [1.54, 1.807) is 4.90 Å². The molecule has 3 rings (SSSR count). The van der Waals surface area contributed by atoms with Gasteiger partial charge in [-0.3, -0.25) is 4.79 Å². The van der Waals surface area contributed by atoms with Gasteiger partial charge in [-0.2, -0.15) is 0 Å². The average Bonchev–Trinajstić information content (AvgIpc) is 2.98. The minimum absolute atomic E-state index is 0.0135. The number of aromatic nitrogens is 4. The van der Waals surface area contributed by atoms with Crippen molar-refractivity contribution in [3.05, 3.63) is 17.8 Å². The lowest BCUT2D eigenvalue weighted by Gasteiger charge is -2.31. The van der Waals surface area contributed by atoms with Crippen LogP contribution in [0.25, 0.3) is 11.2 Å². The number of amides is 1. The highest BCUT2D eigenvalue weighted by Crippen LogP contribution is 2.26. The SMILES string of the molecule is C#Cc1ncnc2nc(C3CCCN(C(=O)CCl)C3)[nH]c12. The number of H-pyrrole nitrogens is 1. The Morgan fingerprint density at radius 1 is 1.57 bits per heavy atom. The van der Waals surface area contributed by atoms with Crippen LogP contribution in [0.2, 0.25) is 0 Å². The molecular formula is C14H14ClN5O. The number of terminal acetylenes is 1. The summed E-state index contributed by atoms with van der Waals surface area (Å²) >= 11 is 5.63. The number of hydrogen-bond acceptors (Lipinski definition) is 4. The van der Waals surface area contributed by atoms with E-state index in [2.05, 4.69) is 25.9 Å². The van der Waals surface area contributed by atoms with E-state index in [0.717, 1.165) is 25.2 Å². The molecule has 0 bridgehead atoms. The van der Waals surface area contributed by atoms with Crippen molar-refractivity contribution < 1.29 is 4.79 Å². The normalized spacial score (nSPS) is 18.7. The van der Waals surface area contributed by atoms with E-state index >= 15 is 0 Å². The Bertz CT molecular complexity index is 720. The summed E-state index contributed by atoms with van der Waals surface area (Å²) in [6, 6.07) is 0. The molecule has 7 heteroatoms. The average molecular weight is 304 g/mol. The maximum Gasteiger partial charge on any atom is 0.237 e. The van der Waals surface area contributed by atoms with Crippen LogP contribution in [0.3, 0.4) is 0 Å². The van der Waals surface area contributed by atoms with Crippen LogP contribution in [-0.2, 0) is 4.79 Å². The third kappa shape index (κ3) is 2.57. The first kappa shape index (κ1) is 13.8. The lowest BCUT2D eigenvalue weighted by atomic mass is 9.97. The Morgan fingerprint density at radius 3 is 3.19 bits per heavy atom. The van der Waals surface area contributed by atoms with E-state index in [1.807, 2.05) is 0 Å². The van der Waals surface area contributed by atoms with E-state index in [9.17, 15) is 4.79 Å². The first-order valence-corrected chi connectivity index (χ1v) is 7.27. The van der Waals surface area contributed by atoms with Gasteiger partial charge in [0, 0.05) is 19.0 Å². The van der Waals surface area contributed by atoms with E-state index in [1.165, 1.54) is 6.33 Å². The van der Waals surface area contributed by atoms with Crippen molar-refractivity contribution in [2.45, 2.75) is 18.8 Å². The summed E-state index contributed by atoms with van der Waals surface area (Å²) in [6.07, 6.45) is 8.73. The number of nitrogens with one attached hydrogen (secondary N) is 1. The predicted molar refractivity (Wildman–Crippen MR) is 78.9 cm³/mol. The van der Waals surface area contributed by atoms with Crippen molar-refractivity contribution in [3.8, 4) is 12.3 Å². The fourth-order valence-electron chi connectivity index (χ4n) is 2.66. The molecule has 3 heterocycles. The zero-order chi connectivity index (χ0) is 14.8. The largest absolute Gasteiger partial charge is 0.341 e. The Hall–Kier alpha value is -2.13. The molecule has 108 valence electrons. The number of halogens is 1. The fraction of sp³-hybridized carbons (Fsp3) is 0.429. The molecule has 1 atom stereocenters. The number of hydrogen-bond donors (Lipinski definition) is 1. The van der Waals surface area contributed by atoms with Gasteiger partial charge in [0.2, 0.25) is 5.91 Å². The van der Waals surface area contributed by atoms with Crippen molar-refractivity contribution >= 4 is 28.7 Å².